The SMILES string of the molecule is CC(NCC1CCN(C)CC1)c1ccc(F)c(Br)c1. The average Bonchev–Trinajstić information content (AvgIpc) is 2.41. The van der Waals surface area contributed by atoms with Crippen LogP contribution in [0.5, 0.6) is 0 Å². The molecule has 1 aromatic carbocycles. The number of benzene rings is 1. The molecule has 2 rings (SSSR count). The first-order chi connectivity index (χ1) is 9.06. The maximum atomic E-state index is 13.2. The highest BCUT2D eigenvalue weighted by Crippen LogP contribution is 2.22. The smallest absolute Gasteiger partial charge is 0.137 e. The summed E-state index contributed by atoms with van der Waals surface area (Å²) in [5.41, 5.74) is 1.13. The molecule has 106 valence electrons. The largest absolute Gasteiger partial charge is 0.310 e. The fourth-order valence-electron chi connectivity index (χ4n) is 2.51. The second kappa shape index (κ2) is 6.82. The van der Waals surface area contributed by atoms with Crippen LogP contribution in [0.15, 0.2) is 22.7 Å². The van der Waals surface area contributed by atoms with Gasteiger partial charge >= 0.3 is 0 Å². The highest BCUT2D eigenvalue weighted by Gasteiger charge is 2.17. The van der Waals surface area contributed by atoms with Gasteiger partial charge in [-0.05, 0) is 86.0 Å². The Bertz CT molecular complexity index is 417. The lowest BCUT2D eigenvalue weighted by atomic mass is 9.96. The minimum Gasteiger partial charge on any atom is -0.310 e. The fourth-order valence-corrected chi connectivity index (χ4v) is 2.91. The highest BCUT2D eigenvalue weighted by molar-refractivity contribution is 9.10. The van der Waals surface area contributed by atoms with Gasteiger partial charge in [0.2, 0.25) is 0 Å². The molecule has 0 bridgehead atoms. The van der Waals surface area contributed by atoms with E-state index in [0.717, 1.165) is 18.0 Å². The van der Waals surface area contributed by atoms with Gasteiger partial charge in [-0.15, -0.1) is 0 Å². The van der Waals surface area contributed by atoms with Crippen LogP contribution in [0.1, 0.15) is 31.4 Å². The third-order valence-corrected chi connectivity index (χ3v) is 4.60. The number of hydrogen-bond donors (Lipinski definition) is 1. The first kappa shape index (κ1) is 14.9. The maximum absolute atomic E-state index is 13.2. The van der Waals surface area contributed by atoms with Crippen molar-refractivity contribution in [1.29, 1.82) is 0 Å². The Hall–Kier alpha value is -0.450. The molecule has 0 aromatic heterocycles. The molecule has 1 aliphatic rings. The lowest BCUT2D eigenvalue weighted by Gasteiger charge is -2.30. The standard InChI is InChI=1S/C15H22BrFN2/c1-11(13-3-4-15(17)14(16)9-13)18-10-12-5-7-19(2)8-6-12/h3-4,9,11-12,18H,5-8,10H2,1-2H3. The van der Waals surface area contributed by atoms with Crippen LogP contribution in [0, 0.1) is 11.7 Å². The molecule has 1 saturated heterocycles. The number of rotatable bonds is 4. The molecule has 0 aliphatic carbocycles. The van der Waals surface area contributed by atoms with Crippen molar-refractivity contribution >= 4 is 15.9 Å². The van der Waals surface area contributed by atoms with Gasteiger partial charge in [-0.1, -0.05) is 6.07 Å². The second-order valence-corrected chi connectivity index (χ2v) is 6.40. The van der Waals surface area contributed by atoms with Crippen molar-refractivity contribution in [2.75, 3.05) is 26.7 Å². The molecule has 1 fully saturated rings. The zero-order valence-electron chi connectivity index (χ0n) is 11.6. The van der Waals surface area contributed by atoms with Crippen molar-refractivity contribution in [1.82, 2.24) is 10.2 Å². The summed E-state index contributed by atoms with van der Waals surface area (Å²) in [6.07, 6.45) is 2.53. The molecule has 19 heavy (non-hydrogen) atoms. The van der Waals surface area contributed by atoms with Gasteiger partial charge in [-0.25, -0.2) is 4.39 Å². The Morgan fingerprint density at radius 1 is 1.42 bits per heavy atom. The third kappa shape index (κ3) is 4.26. The topological polar surface area (TPSA) is 15.3 Å². The summed E-state index contributed by atoms with van der Waals surface area (Å²) >= 11 is 3.24. The van der Waals surface area contributed by atoms with Gasteiger partial charge in [0, 0.05) is 6.04 Å². The van der Waals surface area contributed by atoms with Gasteiger partial charge in [0.25, 0.3) is 0 Å². The van der Waals surface area contributed by atoms with Crippen LogP contribution in [0.25, 0.3) is 0 Å². The van der Waals surface area contributed by atoms with Gasteiger partial charge in [0.05, 0.1) is 4.47 Å². The summed E-state index contributed by atoms with van der Waals surface area (Å²) in [6.45, 7) is 5.57. The van der Waals surface area contributed by atoms with E-state index in [4.69, 9.17) is 0 Å². The van der Waals surface area contributed by atoms with Crippen LogP contribution in [-0.4, -0.2) is 31.6 Å². The molecular weight excluding hydrogens is 307 g/mol. The summed E-state index contributed by atoms with van der Waals surface area (Å²) in [5, 5.41) is 3.57. The third-order valence-electron chi connectivity index (χ3n) is 3.99. The van der Waals surface area contributed by atoms with Crippen molar-refractivity contribution in [2.24, 2.45) is 5.92 Å². The summed E-state index contributed by atoms with van der Waals surface area (Å²) in [7, 11) is 2.18. The number of nitrogens with one attached hydrogen (secondary N) is 1. The molecular formula is C15H22BrFN2. The molecule has 1 unspecified atom stereocenters. The molecule has 1 aliphatic heterocycles. The molecule has 4 heteroatoms. The van der Waals surface area contributed by atoms with Gasteiger partial charge in [0.15, 0.2) is 0 Å². The van der Waals surface area contributed by atoms with Crippen LogP contribution < -0.4 is 5.32 Å². The average molecular weight is 329 g/mol. The van der Waals surface area contributed by atoms with Crippen molar-refractivity contribution in [3.8, 4) is 0 Å². The van der Waals surface area contributed by atoms with E-state index < -0.39 is 0 Å². The number of piperidine rings is 1. The van der Waals surface area contributed by atoms with E-state index in [1.165, 1.54) is 32.0 Å². The van der Waals surface area contributed by atoms with E-state index in [1.807, 2.05) is 12.1 Å². The molecule has 0 amide bonds. The molecule has 0 radical (unpaired) electrons. The Morgan fingerprint density at radius 2 is 2.11 bits per heavy atom. The lowest BCUT2D eigenvalue weighted by molar-refractivity contribution is 0.213. The normalized spacial score (nSPS) is 19.6. The van der Waals surface area contributed by atoms with E-state index in [-0.39, 0.29) is 11.9 Å². The Kier molecular flexibility index (Phi) is 5.37. The molecule has 0 spiro atoms. The van der Waals surface area contributed by atoms with E-state index >= 15 is 0 Å². The molecule has 1 heterocycles. The monoisotopic (exact) mass is 328 g/mol. The molecule has 1 aromatic rings. The van der Waals surface area contributed by atoms with E-state index in [0.29, 0.717) is 4.47 Å². The van der Waals surface area contributed by atoms with Crippen LogP contribution in [0.4, 0.5) is 4.39 Å². The molecule has 1 N–H and O–H groups in total. The summed E-state index contributed by atoms with van der Waals surface area (Å²) in [4.78, 5) is 2.39. The summed E-state index contributed by atoms with van der Waals surface area (Å²) < 4.78 is 13.7. The summed E-state index contributed by atoms with van der Waals surface area (Å²) in [6, 6.07) is 5.50. The Balaban J connectivity index is 1.83. The van der Waals surface area contributed by atoms with Crippen LogP contribution in [-0.2, 0) is 0 Å². The molecule has 1 atom stereocenters. The molecule has 2 nitrogen and oxygen atoms in total. The van der Waals surface area contributed by atoms with Gasteiger partial charge < -0.3 is 10.2 Å². The van der Waals surface area contributed by atoms with Gasteiger partial charge in [-0.2, -0.15) is 0 Å². The Labute approximate surface area is 123 Å². The maximum Gasteiger partial charge on any atom is 0.137 e. The first-order valence-electron chi connectivity index (χ1n) is 6.93. The number of halogens is 2. The van der Waals surface area contributed by atoms with Crippen LogP contribution >= 0.6 is 15.9 Å². The first-order valence-corrected chi connectivity index (χ1v) is 7.72. The van der Waals surface area contributed by atoms with Gasteiger partial charge in [-0.3, -0.25) is 0 Å². The van der Waals surface area contributed by atoms with Crippen molar-refractivity contribution < 1.29 is 4.39 Å². The van der Waals surface area contributed by atoms with Crippen molar-refractivity contribution in [3.63, 3.8) is 0 Å². The number of nitrogens with zero attached hydrogens (tertiary/aromatic N) is 1. The van der Waals surface area contributed by atoms with E-state index in [1.54, 1.807) is 0 Å². The van der Waals surface area contributed by atoms with Crippen LogP contribution in [0.3, 0.4) is 0 Å². The minimum absolute atomic E-state index is 0.203. The zero-order valence-corrected chi connectivity index (χ0v) is 13.2. The zero-order chi connectivity index (χ0) is 13.8. The highest BCUT2D eigenvalue weighted by atomic mass is 79.9. The van der Waals surface area contributed by atoms with Crippen molar-refractivity contribution in [3.05, 3.63) is 34.1 Å². The number of likely N-dealkylation sites (tertiary alicyclic amines) is 1. The van der Waals surface area contributed by atoms with E-state index in [9.17, 15) is 4.39 Å². The quantitative estimate of drug-likeness (QED) is 0.908. The number of hydrogen-bond acceptors (Lipinski definition) is 2. The predicted octanol–water partition coefficient (Wildman–Crippen LogP) is 3.58. The predicted molar refractivity (Wildman–Crippen MR) is 80.7 cm³/mol. The van der Waals surface area contributed by atoms with Crippen LogP contribution in [0.2, 0.25) is 0 Å². The minimum atomic E-state index is -0.203. The van der Waals surface area contributed by atoms with E-state index in [2.05, 4.69) is 40.1 Å². The van der Waals surface area contributed by atoms with Crippen molar-refractivity contribution in [2.45, 2.75) is 25.8 Å². The fraction of sp³-hybridized carbons (Fsp3) is 0.600. The van der Waals surface area contributed by atoms with Gasteiger partial charge in [0.1, 0.15) is 5.82 Å². The summed E-state index contributed by atoms with van der Waals surface area (Å²) in [5.74, 6) is 0.564. The molecule has 0 saturated carbocycles. The lowest BCUT2D eigenvalue weighted by Crippen LogP contribution is -2.35. The Morgan fingerprint density at radius 3 is 2.74 bits per heavy atom. The second-order valence-electron chi connectivity index (χ2n) is 5.55.